The summed E-state index contributed by atoms with van der Waals surface area (Å²) >= 11 is 0. The van der Waals surface area contributed by atoms with Crippen molar-refractivity contribution in [3.63, 3.8) is 0 Å². The molecule has 1 saturated heterocycles. The van der Waals surface area contributed by atoms with Gasteiger partial charge in [-0.25, -0.2) is 0 Å². The first-order chi connectivity index (χ1) is 5.79. The molecule has 1 saturated carbocycles. The molecule has 2 nitrogen and oxygen atoms in total. The van der Waals surface area contributed by atoms with Crippen LogP contribution in [-0.4, -0.2) is 22.9 Å². The summed E-state index contributed by atoms with van der Waals surface area (Å²) in [7, 11) is 0. The van der Waals surface area contributed by atoms with Crippen molar-refractivity contribution in [2.75, 3.05) is 0 Å². The fourth-order valence-corrected chi connectivity index (χ4v) is 2.47. The van der Waals surface area contributed by atoms with Gasteiger partial charge >= 0.3 is 0 Å². The van der Waals surface area contributed by atoms with Crippen LogP contribution in [0.2, 0.25) is 0 Å². The molecule has 2 aliphatic rings. The quantitative estimate of drug-likeness (QED) is 0.642. The van der Waals surface area contributed by atoms with Gasteiger partial charge in [-0.05, 0) is 19.3 Å². The van der Waals surface area contributed by atoms with E-state index in [1.54, 1.807) is 0 Å². The molecule has 12 heavy (non-hydrogen) atoms. The van der Waals surface area contributed by atoms with E-state index in [-0.39, 0.29) is 11.7 Å². The van der Waals surface area contributed by atoms with E-state index in [4.69, 9.17) is 4.74 Å². The molecular formula is C10H18O2. The van der Waals surface area contributed by atoms with Gasteiger partial charge in [-0.15, -0.1) is 0 Å². The Morgan fingerprint density at radius 2 is 2.33 bits per heavy atom. The lowest BCUT2D eigenvalue weighted by Crippen LogP contribution is -2.31. The third-order valence-corrected chi connectivity index (χ3v) is 3.33. The van der Waals surface area contributed by atoms with E-state index in [2.05, 4.69) is 0 Å². The van der Waals surface area contributed by atoms with Crippen LogP contribution >= 0.6 is 0 Å². The Kier molecular flexibility index (Phi) is 2.13. The van der Waals surface area contributed by atoms with Gasteiger partial charge in [0.05, 0.1) is 12.2 Å². The molecule has 2 heteroatoms. The molecule has 70 valence electrons. The van der Waals surface area contributed by atoms with Crippen LogP contribution in [0.3, 0.4) is 0 Å². The number of rotatable bonds is 2. The number of fused-ring (bicyclic) bond motifs is 1. The number of aliphatic hydroxyl groups excluding tert-OH is 1. The van der Waals surface area contributed by atoms with Crippen LogP contribution in [0.15, 0.2) is 0 Å². The van der Waals surface area contributed by atoms with Gasteiger partial charge in [0, 0.05) is 0 Å². The van der Waals surface area contributed by atoms with E-state index in [0.717, 1.165) is 19.3 Å². The standard InChI is InChI=1S/C10H18O2/c1-2-8(11)10-7-5-3-4-6-9(10)12-10/h8-9,11H,2-7H2,1H3/t8?,9-,10-/m0/s1. The van der Waals surface area contributed by atoms with Crippen molar-refractivity contribution in [3.05, 3.63) is 0 Å². The van der Waals surface area contributed by atoms with Gasteiger partial charge in [-0.2, -0.15) is 0 Å². The van der Waals surface area contributed by atoms with Crippen molar-refractivity contribution in [2.24, 2.45) is 0 Å². The molecule has 0 bridgehead atoms. The van der Waals surface area contributed by atoms with Crippen LogP contribution < -0.4 is 0 Å². The minimum absolute atomic E-state index is 0.106. The number of hydrogen-bond donors (Lipinski definition) is 1. The molecular weight excluding hydrogens is 152 g/mol. The number of epoxide rings is 1. The summed E-state index contributed by atoms with van der Waals surface area (Å²) in [5.41, 5.74) is -0.106. The normalized spacial score (nSPS) is 43.0. The first-order valence-corrected chi connectivity index (χ1v) is 5.15. The maximum absolute atomic E-state index is 9.78. The van der Waals surface area contributed by atoms with Crippen LogP contribution in [-0.2, 0) is 4.74 Å². The molecule has 1 N–H and O–H groups in total. The third kappa shape index (κ3) is 1.17. The Balaban J connectivity index is 2.01. The van der Waals surface area contributed by atoms with Gasteiger partial charge in [0.25, 0.3) is 0 Å². The lowest BCUT2D eigenvalue weighted by molar-refractivity contribution is 0.0649. The van der Waals surface area contributed by atoms with E-state index in [1.807, 2.05) is 6.92 Å². The highest BCUT2D eigenvalue weighted by Gasteiger charge is 2.59. The molecule has 1 heterocycles. The summed E-state index contributed by atoms with van der Waals surface area (Å²) < 4.78 is 5.65. The zero-order valence-electron chi connectivity index (χ0n) is 7.75. The minimum atomic E-state index is -0.222. The fraction of sp³-hybridized carbons (Fsp3) is 1.00. The van der Waals surface area contributed by atoms with Crippen molar-refractivity contribution < 1.29 is 9.84 Å². The molecule has 0 amide bonds. The minimum Gasteiger partial charge on any atom is -0.390 e. The topological polar surface area (TPSA) is 32.8 Å². The molecule has 2 rings (SSSR count). The van der Waals surface area contributed by atoms with E-state index in [9.17, 15) is 5.11 Å². The maximum atomic E-state index is 9.78. The molecule has 0 aromatic rings. The average Bonchev–Trinajstić information content (AvgIpc) is 2.76. The van der Waals surface area contributed by atoms with Crippen molar-refractivity contribution >= 4 is 0 Å². The molecule has 0 spiro atoms. The summed E-state index contributed by atoms with van der Waals surface area (Å²) in [5.74, 6) is 0. The summed E-state index contributed by atoms with van der Waals surface area (Å²) in [6, 6.07) is 0. The largest absolute Gasteiger partial charge is 0.390 e. The number of hydrogen-bond acceptors (Lipinski definition) is 2. The van der Waals surface area contributed by atoms with E-state index >= 15 is 0 Å². The highest BCUT2D eigenvalue weighted by molar-refractivity contribution is 5.08. The fourth-order valence-electron chi connectivity index (χ4n) is 2.47. The predicted molar refractivity (Wildman–Crippen MR) is 47.0 cm³/mol. The molecule has 0 aromatic carbocycles. The molecule has 0 aromatic heterocycles. The van der Waals surface area contributed by atoms with Crippen molar-refractivity contribution in [1.29, 1.82) is 0 Å². The van der Waals surface area contributed by atoms with Crippen LogP contribution in [0.1, 0.15) is 45.4 Å². The van der Waals surface area contributed by atoms with Crippen molar-refractivity contribution in [2.45, 2.75) is 63.3 Å². The van der Waals surface area contributed by atoms with Gasteiger partial charge in [0.2, 0.25) is 0 Å². The van der Waals surface area contributed by atoms with Gasteiger partial charge in [0.1, 0.15) is 5.60 Å². The third-order valence-electron chi connectivity index (χ3n) is 3.33. The van der Waals surface area contributed by atoms with Crippen LogP contribution in [0.25, 0.3) is 0 Å². The zero-order valence-corrected chi connectivity index (χ0v) is 7.75. The Bertz CT molecular complexity index is 169. The zero-order chi connectivity index (χ0) is 8.60. The summed E-state index contributed by atoms with van der Waals surface area (Å²) in [5, 5.41) is 9.78. The van der Waals surface area contributed by atoms with Crippen LogP contribution in [0.4, 0.5) is 0 Å². The Hall–Kier alpha value is -0.0800. The molecule has 1 aliphatic carbocycles. The second-order valence-electron chi connectivity index (χ2n) is 4.08. The van der Waals surface area contributed by atoms with Gasteiger partial charge in [0.15, 0.2) is 0 Å². The number of ether oxygens (including phenoxy) is 1. The first-order valence-electron chi connectivity index (χ1n) is 5.15. The van der Waals surface area contributed by atoms with E-state index in [1.165, 1.54) is 19.3 Å². The highest BCUT2D eigenvalue weighted by atomic mass is 16.6. The lowest BCUT2D eigenvalue weighted by Gasteiger charge is -2.16. The molecule has 1 aliphatic heterocycles. The monoisotopic (exact) mass is 170 g/mol. The van der Waals surface area contributed by atoms with Crippen LogP contribution in [0.5, 0.6) is 0 Å². The molecule has 1 unspecified atom stereocenters. The Morgan fingerprint density at radius 3 is 3.08 bits per heavy atom. The Labute approximate surface area is 73.9 Å². The second-order valence-corrected chi connectivity index (χ2v) is 4.08. The number of aliphatic hydroxyl groups is 1. The molecule has 2 fully saturated rings. The predicted octanol–water partition coefficient (Wildman–Crippen LogP) is 1.86. The SMILES string of the molecule is CCC(O)[C@@]12CCCCC[C@@H]1O2. The van der Waals surface area contributed by atoms with Gasteiger partial charge < -0.3 is 9.84 Å². The summed E-state index contributed by atoms with van der Waals surface area (Å²) in [4.78, 5) is 0. The van der Waals surface area contributed by atoms with Gasteiger partial charge in [-0.1, -0.05) is 26.2 Å². The molecule has 0 radical (unpaired) electrons. The summed E-state index contributed by atoms with van der Waals surface area (Å²) in [6.45, 7) is 2.03. The van der Waals surface area contributed by atoms with E-state index in [0.29, 0.717) is 6.10 Å². The maximum Gasteiger partial charge on any atom is 0.120 e. The molecule has 3 atom stereocenters. The van der Waals surface area contributed by atoms with Crippen molar-refractivity contribution in [1.82, 2.24) is 0 Å². The van der Waals surface area contributed by atoms with Crippen molar-refractivity contribution in [3.8, 4) is 0 Å². The summed E-state index contributed by atoms with van der Waals surface area (Å²) in [6.07, 6.45) is 7.06. The second kappa shape index (κ2) is 3.00. The smallest absolute Gasteiger partial charge is 0.120 e. The average molecular weight is 170 g/mol. The van der Waals surface area contributed by atoms with E-state index < -0.39 is 0 Å². The van der Waals surface area contributed by atoms with Gasteiger partial charge in [-0.3, -0.25) is 0 Å². The van der Waals surface area contributed by atoms with Crippen LogP contribution in [0, 0.1) is 0 Å². The highest BCUT2D eigenvalue weighted by Crippen LogP contribution is 2.49. The lowest BCUT2D eigenvalue weighted by atomic mass is 9.92. The first kappa shape index (κ1) is 8.52. The Morgan fingerprint density at radius 1 is 1.50 bits per heavy atom.